The SMILES string of the molecule is Nc1nc(COC(=O)c2cccc(-n3cnnn3)c2)nc2ccccc12. The summed E-state index contributed by atoms with van der Waals surface area (Å²) in [6, 6.07) is 14.2. The normalized spacial score (nSPS) is 10.8. The summed E-state index contributed by atoms with van der Waals surface area (Å²) in [5.74, 6) is 0.184. The fourth-order valence-corrected chi connectivity index (χ4v) is 2.48. The second-order valence-corrected chi connectivity index (χ2v) is 5.42. The summed E-state index contributed by atoms with van der Waals surface area (Å²) in [5, 5.41) is 11.7. The van der Waals surface area contributed by atoms with Crippen LogP contribution in [0.2, 0.25) is 0 Å². The molecule has 0 aliphatic carbocycles. The van der Waals surface area contributed by atoms with Gasteiger partial charge in [0.15, 0.2) is 12.4 Å². The van der Waals surface area contributed by atoms with Crippen LogP contribution in [-0.4, -0.2) is 36.1 Å². The number of nitrogens with two attached hydrogens (primary N) is 1. The third-order valence-electron chi connectivity index (χ3n) is 3.71. The molecule has 128 valence electrons. The van der Waals surface area contributed by atoms with E-state index in [0.717, 1.165) is 5.39 Å². The highest BCUT2D eigenvalue weighted by molar-refractivity contribution is 5.90. The average molecular weight is 347 g/mol. The van der Waals surface area contributed by atoms with Crippen LogP contribution in [0.1, 0.15) is 16.2 Å². The Hall–Kier alpha value is -3.88. The highest BCUT2D eigenvalue weighted by Crippen LogP contribution is 2.17. The Morgan fingerprint density at radius 1 is 1.12 bits per heavy atom. The molecule has 2 N–H and O–H groups in total. The summed E-state index contributed by atoms with van der Waals surface area (Å²) >= 11 is 0. The first-order chi connectivity index (χ1) is 12.7. The second-order valence-electron chi connectivity index (χ2n) is 5.42. The van der Waals surface area contributed by atoms with Crippen molar-refractivity contribution < 1.29 is 9.53 Å². The van der Waals surface area contributed by atoms with Crippen molar-refractivity contribution in [2.45, 2.75) is 6.61 Å². The number of aromatic nitrogens is 6. The molecular weight excluding hydrogens is 334 g/mol. The van der Waals surface area contributed by atoms with E-state index in [1.165, 1.54) is 11.0 Å². The van der Waals surface area contributed by atoms with Crippen LogP contribution in [0.15, 0.2) is 54.9 Å². The molecule has 0 saturated carbocycles. The number of rotatable bonds is 4. The lowest BCUT2D eigenvalue weighted by Crippen LogP contribution is -2.09. The molecule has 0 aliphatic rings. The number of benzene rings is 2. The Kier molecular flexibility index (Phi) is 3.94. The Morgan fingerprint density at radius 2 is 2.00 bits per heavy atom. The van der Waals surface area contributed by atoms with Crippen LogP contribution in [0.25, 0.3) is 16.6 Å². The highest BCUT2D eigenvalue weighted by Gasteiger charge is 2.11. The molecule has 9 nitrogen and oxygen atoms in total. The monoisotopic (exact) mass is 347 g/mol. The zero-order valence-electron chi connectivity index (χ0n) is 13.5. The summed E-state index contributed by atoms with van der Waals surface area (Å²) in [5.41, 5.74) is 7.65. The number of carbonyl (C=O) groups excluding carboxylic acids is 1. The number of esters is 1. The molecule has 0 unspecified atom stereocenters. The molecule has 0 bridgehead atoms. The molecular formula is C17H13N7O2. The predicted molar refractivity (Wildman–Crippen MR) is 92.2 cm³/mol. The number of ether oxygens (including phenoxy) is 1. The van der Waals surface area contributed by atoms with Gasteiger partial charge in [0, 0.05) is 5.39 Å². The lowest BCUT2D eigenvalue weighted by Gasteiger charge is -2.07. The molecule has 2 heterocycles. The number of carbonyl (C=O) groups is 1. The molecule has 2 aromatic carbocycles. The minimum atomic E-state index is -0.504. The van der Waals surface area contributed by atoms with Crippen molar-refractivity contribution in [1.29, 1.82) is 0 Å². The average Bonchev–Trinajstić information content (AvgIpc) is 3.21. The largest absolute Gasteiger partial charge is 0.454 e. The van der Waals surface area contributed by atoms with Crippen molar-refractivity contribution in [2.75, 3.05) is 5.73 Å². The van der Waals surface area contributed by atoms with Gasteiger partial charge < -0.3 is 10.5 Å². The van der Waals surface area contributed by atoms with Gasteiger partial charge in [-0.1, -0.05) is 18.2 Å². The first kappa shape index (κ1) is 15.6. The lowest BCUT2D eigenvalue weighted by molar-refractivity contribution is 0.0462. The first-order valence-electron chi connectivity index (χ1n) is 7.72. The van der Waals surface area contributed by atoms with Crippen LogP contribution in [0, 0.1) is 0 Å². The fraction of sp³-hybridized carbons (Fsp3) is 0.0588. The first-order valence-corrected chi connectivity index (χ1v) is 7.72. The zero-order chi connectivity index (χ0) is 17.9. The van der Waals surface area contributed by atoms with Crippen LogP contribution < -0.4 is 5.73 Å². The molecule has 0 saturated heterocycles. The summed E-state index contributed by atoms with van der Waals surface area (Å²) < 4.78 is 6.76. The van der Waals surface area contributed by atoms with Gasteiger partial charge >= 0.3 is 5.97 Å². The Bertz CT molecular complexity index is 1080. The Labute approximate surface area is 147 Å². The van der Waals surface area contributed by atoms with Gasteiger partial charge in [0.25, 0.3) is 0 Å². The highest BCUT2D eigenvalue weighted by atomic mass is 16.5. The van der Waals surface area contributed by atoms with E-state index in [2.05, 4.69) is 25.5 Å². The molecule has 26 heavy (non-hydrogen) atoms. The molecule has 0 spiro atoms. The van der Waals surface area contributed by atoms with Crippen LogP contribution in [0.4, 0.5) is 5.82 Å². The molecule has 9 heteroatoms. The van der Waals surface area contributed by atoms with Gasteiger partial charge in [-0.05, 0) is 40.8 Å². The topological polar surface area (TPSA) is 122 Å². The number of nitrogen functional groups attached to an aromatic ring is 1. The quantitative estimate of drug-likeness (QED) is 0.552. The molecule has 0 fully saturated rings. The summed E-state index contributed by atoms with van der Waals surface area (Å²) in [6.07, 6.45) is 1.44. The van der Waals surface area contributed by atoms with Gasteiger partial charge in [0.1, 0.15) is 12.1 Å². The zero-order valence-corrected chi connectivity index (χ0v) is 13.5. The maximum absolute atomic E-state index is 12.3. The molecule has 0 atom stereocenters. The second kappa shape index (κ2) is 6.55. The van der Waals surface area contributed by atoms with Crippen LogP contribution in [-0.2, 0) is 11.3 Å². The molecule has 0 radical (unpaired) electrons. The van der Waals surface area contributed by atoms with Crippen molar-refractivity contribution >= 4 is 22.7 Å². The van der Waals surface area contributed by atoms with Crippen LogP contribution in [0.5, 0.6) is 0 Å². The van der Waals surface area contributed by atoms with E-state index >= 15 is 0 Å². The molecule has 0 aliphatic heterocycles. The third kappa shape index (κ3) is 3.05. The van der Waals surface area contributed by atoms with Crippen molar-refractivity contribution in [3.63, 3.8) is 0 Å². The minimum Gasteiger partial charge on any atom is -0.454 e. The van der Waals surface area contributed by atoms with Crippen molar-refractivity contribution in [3.8, 4) is 5.69 Å². The molecule has 2 aromatic heterocycles. The van der Waals surface area contributed by atoms with Gasteiger partial charge in [-0.3, -0.25) is 0 Å². The number of tetrazole rings is 1. The van der Waals surface area contributed by atoms with Crippen molar-refractivity contribution in [3.05, 3.63) is 66.2 Å². The van der Waals surface area contributed by atoms with Gasteiger partial charge in [-0.25, -0.2) is 19.4 Å². The minimum absolute atomic E-state index is 0.0804. The van der Waals surface area contributed by atoms with E-state index in [0.29, 0.717) is 28.4 Å². The predicted octanol–water partition coefficient (Wildman–Crippen LogP) is 1.54. The van der Waals surface area contributed by atoms with Gasteiger partial charge in [0.2, 0.25) is 0 Å². The van der Waals surface area contributed by atoms with Gasteiger partial charge in [-0.15, -0.1) is 5.10 Å². The van der Waals surface area contributed by atoms with Gasteiger partial charge in [-0.2, -0.15) is 0 Å². The Balaban J connectivity index is 1.52. The molecule has 0 amide bonds. The van der Waals surface area contributed by atoms with Crippen LogP contribution >= 0.6 is 0 Å². The van der Waals surface area contributed by atoms with Crippen molar-refractivity contribution in [1.82, 2.24) is 30.2 Å². The number of hydrogen-bond donors (Lipinski definition) is 1. The number of nitrogens with zero attached hydrogens (tertiary/aromatic N) is 6. The Morgan fingerprint density at radius 3 is 2.85 bits per heavy atom. The lowest BCUT2D eigenvalue weighted by atomic mass is 10.2. The molecule has 4 rings (SSSR count). The van der Waals surface area contributed by atoms with E-state index in [1.54, 1.807) is 24.3 Å². The maximum Gasteiger partial charge on any atom is 0.338 e. The number of anilines is 1. The van der Waals surface area contributed by atoms with E-state index in [-0.39, 0.29) is 6.61 Å². The van der Waals surface area contributed by atoms with E-state index in [9.17, 15) is 4.79 Å². The van der Waals surface area contributed by atoms with Crippen LogP contribution in [0.3, 0.4) is 0 Å². The fourth-order valence-electron chi connectivity index (χ4n) is 2.48. The molecule has 4 aromatic rings. The third-order valence-corrected chi connectivity index (χ3v) is 3.71. The van der Waals surface area contributed by atoms with E-state index < -0.39 is 5.97 Å². The standard InChI is InChI=1S/C17H13N7O2/c18-16-13-6-1-2-7-14(13)20-15(21-16)9-26-17(25)11-4-3-5-12(8-11)24-10-19-22-23-24/h1-8,10H,9H2,(H2,18,20,21). The van der Waals surface area contributed by atoms with E-state index in [4.69, 9.17) is 10.5 Å². The van der Waals surface area contributed by atoms with Crippen molar-refractivity contribution in [2.24, 2.45) is 0 Å². The number of para-hydroxylation sites is 1. The number of fused-ring (bicyclic) bond motifs is 1. The summed E-state index contributed by atoms with van der Waals surface area (Å²) in [6.45, 7) is -0.0804. The number of hydrogen-bond acceptors (Lipinski definition) is 8. The smallest absolute Gasteiger partial charge is 0.338 e. The summed E-state index contributed by atoms with van der Waals surface area (Å²) in [4.78, 5) is 20.9. The summed E-state index contributed by atoms with van der Waals surface area (Å²) in [7, 11) is 0. The van der Waals surface area contributed by atoms with Gasteiger partial charge in [0.05, 0.1) is 16.8 Å². The van der Waals surface area contributed by atoms with E-state index in [1.807, 2.05) is 24.3 Å². The maximum atomic E-state index is 12.3.